The number of nitrogens with zero attached hydrogens (tertiary/aromatic N) is 3. The summed E-state index contributed by atoms with van der Waals surface area (Å²) in [5, 5.41) is 16.1. The van der Waals surface area contributed by atoms with Gasteiger partial charge < -0.3 is 20.9 Å². The van der Waals surface area contributed by atoms with Crippen molar-refractivity contribution < 1.29 is 18.8 Å². The van der Waals surface area contributed by atoms with Crippen molar-refractivity contribution in [2.45, 2.75) is 50.7 Å². The van der Waals surface area contributed by atoms with Crippen LogP contribution in [0.1, 0.15) is 43.4 Å². The third-order valence-corrected chi connectivity index (χ3v) is 8.46. The van der Waals surface area contributed by atoms with E-state index in [1.807, 2.05) is 11.0 Å². The summed E-state index contributed by atoms with van der Waals surface area (Å²) in [5.74, 6) is -1.03. The van der Waals surface area contributed by atoms with Gasteiger partial charge in [0.2, 0.25) is 5.91 Å². The van der Waals surface area contributed by atoms with Crippen LogP contribution in [0, 0.1) is 5.82 Å². The first-order valence-corrected chi connectivity index (χ1v) is 13.6. The van der Waals surface area contributed by atoms with Gasteiger partial charge in [0.05, 0.1) is 29.7 Å². The van der Waals surface area contributed by atoms with E-state index in [0.29, 0.717) is 47.7 Å². The average Bonchev–Trinajstić information content (AvgIpc) is 3.47. The topological polar surface area (TPSA) is 122 Å². The number of carbonyl (C=O) groups is 3. The first-order valence-electron chi connectivity index (χ1n) is 13.6. The Morgan fingerprint density at radius 3 is 2.80 bits per heavy atom. The van der Waals surface area contributed by atoms with Crippen LogP contribution in [-0.4, -0.2) is 70.1 Å². The zero-order valence-corrected chi connectivity index (χ0v) is 22.5. The Bertz CT molecular complexity index is 1530. The molecule has 3 atom stereocenters. The number of anilines is 1. The standard InChI is InChI=1S/C29H32FN7O3/c1-16-26(28(39)33-20-4-8-24-19(12-20)14-31-35-24)27(34-29(40)32-16)17-3-7-23(30)18(11-17)13-25(38)37-10-9-21-5-6-22(15-37)36(21)2/h3-4,7-8,11-12,14,21-22,27H,5-6,9-10,13,15H2,1-2H3,(H,31,35)(H,33,39)(H2,32,34,40). The number of urea groups is 1. The molecule has 0 spiro atoms. The van der Waals surface area contributed by atoms with Gasteiger partial charge in [-0.2, -0.15) is 5.10 Å². The monoisotopic (exact) mass is 545 g/mol. The third kappa shape index (κ3) is 4.92. The van der Waals surface area contributed by atoms with E-state index in [9.17, 15) is 18.8 Å². The maximum atomic E-state index is 15.0. The normalized spacial score (nSPS) is 23.1. The minimum Gasteiger partial charge on any atom is -0.341 e. The Kier molecular flexibility index (Phi) is 6.75. The van der Waals surface area contributed by atoms with Crippen LogP contribution in [0.5, 0.6) is 0 Å². The molecule has 0 aliphatic carbocycles. The molecule has 1 aromatic heterocycles. The summed E-state index contributed by atoms with van der Waals surface area (Å²) in [4.78, 5) is 43.4. The molecular weight excluding hydrogens is 513 g/mol. The number of aromatic amines is 1. The lowest BCUT2D eigenvalue weighted by Gasteiger charge is -2.29. The summed E-state index contributed by atoms with van der Waals surface area (Å²) < 4.78 is 15.0. The van der Waals surface area contributed by atoms with E-state index in [-0.39, 0.29) is 17.9 Å². The number of rotatable bonds is 5. The SMILES string of the molecule is CC1=C(C(=O)Nc2ccc3[nH]ncc3c2)C(c2ccc(F)c(CC(=O)N3CCC4CCC(C3)N4C)c2)NC(=O)N1. The Balaban J connectivity index is 1.23. The molecule has 3 unspecified atom stereocenters. The molecule has 3 aromatic rings. The van der Waals surface area contributed by atoms with Crippen molar-refractivity contribution in [2.24, 2.45) is 0 Å². The summed E-state index contributed by atoms with van der Waals surface area (Å²) in [5.41, 5.74) is 2.84. The molecule has 4 N–H and O–H groups in total. The molecule has 4 heterocycles. The second-order valence-electron chi connectivity index (χ2n) is 10.9. The van der Waals surface area contributed by atoms with Gasteiger partial charge in [-0.25, -0.2) is 9.18 Å². The van der Waals surface area contributed by atoms with Crippen LogP contribution in [0.3, 0.4) is 0 Å². The molecule has 0 saturated carbocycles. The van der Waals surface area contributed by atoms with Gasteiger partial charge in [-0.1, -0.05) is 6.07 Å². The number of nitrogens with one attached hydrogen (secondary N) is 4. The summed E-state index contributed by atoms with van der Waals surface area (Å²) >= 11 is 0. The van der Waals surface area contributed by atoms with Crippen molar-refractivity contribution in [1.29, 1.82) is 0 Å². The molecule has 2 bridgehead atoms. The number of hydrogen-bond acceptors (Lipinski definition) is 5. The van der Waals surface area contributed by atoms with E-state index in [2.05, 4.69) is 38.1 Å². The van der Waals surface area contributed by atoms with Gasteiger partial charge in [0.25, 0.3) is 5.91 Å². The highest BCUT2D eigenvalue weighted by Gasteiger charge is 2.36. The van der Waals surface area contributed by atoms with Gasteiger partial charge >= 0.3 is 6.03 Å². The highest BCUT2D eigenvalue weighted by Crippen LogP contribution is 2.31. The number of amides is 4. The van der Waals surface area contributed by atoms with Crippen LogP contribution in [-0.2, 0) is 16.0 Å². The first kappa shape index (κ1) is 26.0. The van der Waals surface area contributed by atoms with E-state index < -0.39 is 23.8 Å². The maximum Gasteiger partial charge on any atom is 0.319 e. The van der Waals surface area contributed by atoms with Gasteiger partial charge in [0, 0.05) is 41.9 Å². The molecule has 3 aliphatic rings. The lowest BCUT2D eigenvalue weighted by Crippen LogP contribution is -2.46. The average molecular weight is 546 g/mol. The molecule has 3 aliphatic heterocycles. The molecule has 2 saturated heterocycles. The Hall–Kier alpha value is -4.25. The highest BCUT2D eigenvalue weighted by atomic mass is 19.1. The van der Waals surface area contributed by atoms with Crippen LogP contribution in [0.2, 0.25) is 0 Å². The Labute approximate surface area is 231 Å². The molecule has 208 valence electrons. The predicted octanol–water partition coefficient (Wildman–Crippen LogP) is 3.21. The third-order valence-electron chi connectivity index (χ3n) is 8.46. The minimum atomic E-state index is -0.830. The number of benzene rings is 2. The van der Waals surface area contributed by atoms with Crippen molar-refractivity contribution in [3.8, 4) is 0 Å². The van der Waals surface area contributed by atoms with E-state index in [1.54, 1.807) is 31.3 Å². The number of halogens is 1. The molecule has 11 heteroatoms. The fraction of sp³-hybridized carbons (Fsp3) is 0.379. The predicted molar refractivity (Wildman–Crippen MR) is 148 cm³/mol. The van der Waals surface area contributed by atoms with E-state index in [4.69, 9.17) is 0 Å². The van der Waals surface area contributed by atoms with Gasteiger partial charge in [-0.15, -0.1) is 0 Å². The lowest BCUT2D eigenvalue weighted by molar-refractivity contribution is -0.130. The van der Waals surface area contributed by atoms with Crippen LogP contribution in [0.15, 0.2) is 53.9 Å². The number of likely N-dealkylation sites (tertiary alicyclic amines) is 1. The van der Waals surface area contributed by atoms with Crippen molar-refractivity contribution in [2.75, 3.05) is 25.5 Å². The van der Waals surface area contributed by atoms with Crippen LogP contribution >= 0.6 is 0 Å². The highest BCUT2D eigenvalue weighted by molar-refractivity contribution is 6.07. The van der Waals surface area contributed by atoms with Gasteiger partial charge in [-0.05, 0) is 74.7 Å². The largest absolute Gasteiger partial charge is 0.341 e. The number of likely N-dealkylation sites (N-methyl/N-ethyl adjacent to an activating group) is 1. The fourth-order valence-corrected chi connectivity index (χ4v) is 6.18. The van der Waals surface area contributed by atoms with Crippen molar-refractivity contribution in [3.63, 3.8) is 0 Å². The molecule has 6 rings (SSSR count). The van der Waals surface area contributed by atoms with Crippen LogP contribution in [0.25, 0.3) is 10.9 Å². The zero-order valence-electron chi connectivity index (χ0n) is 22.5. The smallest absolute Gasteiger partial charge is 0.319 e. The summed E-state index contributed by atoms with van der Waals surface area (Å²) in [7, 11) is 2.12. The maximum absolute atomic E-state index is 15.0. The molecule has 2 fully saturated rings. The van der Waals surface area contributed by atoms with Crippen molar-refractivity contribution in [1.82, 2.24) is 30.6 Å². The van der Waals surface area contributed by atoms with Crippen LogP contribution in [0.4, 0.5) is 14.9 Å². The molecule has 10 nitrogen and oxygen atoms in total. The summed E-state index contributed by atoms with van der Waals surface area (Å²) in [6.45, 7) is 2.96. The second-order valence-corrected chi connectivity index (χ2v) is 10.9. The number of carbonyl (C=O) groups excluding carboxylic acids is 3. The Morgan fingerprint density at radius 2 is 1.95 bits per heavy atom. The first-order chi connectivity index (χ1) is 19.3. The fourth-order valence-electron chi connectivity index (χ4n) is 6.18. The van der Waals surface area contributed by atoms with E-state index in [0.717, 1.165) is 30.2 Å². The van der Waals surface area contributed by atoms with Crippen molar-refractivity contribution >= 4 is 34.4 Å². The number of hydrogen-bond donors (Lipinski definition) is 4. The quantitative estimate of drug-likeness (QED) is 0.392. The summed E-state index contributed by atoms with van der Waals surface area (Å²) in [6.07, 6.45) is 4.71. The van der Waals surface area contributed by atoms with Crippen LogP contribution < -0.4 is 16.0 Å². The van der Waals surface area contributed by atoms with E-state index in [1.165, 1.54) is 12.1 Å². The molecule has 0 radical (unpaired) electrons. The van der Waals surface area contributed by atoms with Gasteiger partial charge in [-0.3, -0.25) is 19.6 Å². The molecule has 40 heavy (non-hydrogen) atoms. The molecule has 2 aromatic carbocycles. The Morgan fingerprint density at radius 1 is 1.12 bits per heavy atom. The zero-order chi connectivity index (χ0) is 28.0. The number of aromatic nitrogens is 2. The summed E-state index contributed by atoms with van der Waals surface area (Å²) in [6, 6.07) is 9.31. The minimum absolute atomic E-state index is 0.0887. The number of H-pyrrole nitrogens is 1. The molecule has 4 amide bonds. The van der Waals surface area contributed by atoms with Gasteiger partial charge in [0.15, 0.2) is 0 Å². The number of allylic oxidation sites excluding steroid dienone is 1. The number of fused-ring (bicyclic) bond motifs is 3. The second kappa shape index (κ2) is 10.4. The van der Waals surface area contributed by atoms with Crippen molar-refractivity contribution in [3.05, 3.63) is 70.8 Å². The van der Waals surface area contributed by atoms with Gasteiger partial charge in [0.1, 0.15) is 5.82 Å². The molecular formula is C29H32FN7O3. The lowest BCUT2D eigenvalue weighted by atomic mass is 9.92. The van der Waals surface area contributed by atoms with E-state index >= 15 is 0 Å².